The van der Waals surface area contributed by atoms with E-state index in [4.69, 9.17) is 5.11 Å². The van der Waals surface area contributed by atoms with Crippen LogP contribution in [-0.2, 0) is 17.6 Å². The molecule has 2 heterocycles. The van der Waals surface area contributed by atoms with Gasteiger partial charge in [0.1, 0.15) is 4.88 Å². The lowest BCUT2D eigenvalue weighted by atomic mass is 9.95. The average Bonchev–Trinajstić information content (AvgIpc) is 3.36. The van der Waals surface area contributed by atoms with Crippen LogP contribution in [0.4, 0.5) is 8.78 Å². The third-order valence-corrected chi connectivity index (χ3v) is 7.35. The van der Waals surface area contributed by atoms with E-state index in [1.807, 2.05) is 25.1 Å². The number of carboxylic acid groups (broad SMARTS) is 1. The molecule has 5 nitrogen and oxygen atoms in total. The van der Waals surface area contributed by atoms with Gasteiger partial charge in [0.15, 0.2) is 0 Å². The molecule has 1 saturated heterocycles. The Kier molecular flexibility index (Phi) is 8.97. The summed E-state index contributed by atoms with van der Waals surface area (Å²) < 4.78 is 28.3. The van der Waals surface area contributed by atoms with Crippen LogP contribution in [0.25, 0.3) is 0 Å². The second-order valence-electron chi connectivity index (χ2n) is 8.88. The number of amides is 1. The SMILES string of the molecule is C[C@@H](CCCc1ccccc1)[C@@H](O)C=CC1CC(F)(F)C(=O)N1CCCc1ccc(C(=O)O)s1. The van der Waals surface area contributed by atoms with Crippen molar-refractivity contribution in [2.75, 3.05) is 6.54 Å². The van der Waals surface area contributed by atoms with Gasteiger partial charge in [-0.2, -0.15) is 8.78 Å². The van der Waals surface area contributed by atoms with Gasteiger partial charge in [-0.25, -0.2) is 4.79 Å². The summed E-state index contributed by atoms with van der Waals surface area (Å²) in [6.45, 7) is 2.07. The minimum atomic E-state index is -3.42. The summed E-state index contributed by atoms with van der Waals surface area (Å²) in [6.07, 6.45) is 5.27. The van der Waals surface area contributed by atoms with Crippen LogP contribution in [0.15, 0.2) is 54.6 Å². The lowest BCUT2D eigenvalue weighted by Gasteiger charge is -2.22. The number of carbonyl (C=O) groups is 2. The van der Waals surface area contributed by atoms with E-state index < -0.39 is 36.4 Å². The molecule has 3 rings (SSSR count). The van der Waals surface area contributed by atoms with Crippen molar-refractivity contribution in [2.45, 2.75) is 63.5 Å². The third-order valence-electron chi connectivity index (χ3n) is 6.22. The van der Waals surface area contributed by atoms with Crippen molar-refractivity contribution in [3.8, 4) is 0 Å². The van der Waals surface area contributed by atoms with Gasteiger partial charge in [0, 0.05) is 17.8 Å². The Morgan fingerprint density at radius 3 is 2.62 bits per heavy atom. The van der Waals surface area contributed by atoms with Crippen LogP contribution in [0.1, 0.15) is 52.7 Å². The van der Waals surface area contributed by atoms with Gasteiger partial charge in [0.05, 0.1) is 12.1 Å². The second kappa shape index (κ2) is 11.7. The summed E-state index contributed by atoms with van der Waals surface area (Å²) in [4.78, 5) is 25.5. The normalized spacial score (nSPS) is 19.6. The molecule has 1 unspecified atom stereocenters. The van der Waals surface area contributed by atoms with Crippen molar-refractivity contribution in [1.29, 1.82) is 0 Å². The topological polar surface area (TPSA) is 77.8 Å². The first-order chi connectivity index (χ1) is 16.2. The number of hydrogen-bond donors (Lipinski definition) is 2. The summed E-state index contributed by atoms with van der Waals surface area (Å²) in [5, 5.41) is 19.5. The molecule has 34 heavy (non-hydrogen) atoms. The molecule has 1 amide bonds. The molecular formula is C26H31F2NO4S. The molecule has 1 aromatic heterocycles. The number of halogens is 2. The van der Waals surface area contributed by atoms with Gasteiger partial charge in [0.2, 0.25) is 0 Å². The fourth-order valence-corrected chi connectivity index (χ4v) is 5.07. The largest absolute Gasteiger partial charge is 0.477 e. The Hall–Kier alpha value is -2.58. The van der Waals surface area contributed by atoms with Crippen molar-refractivity contribution in [3.63, 3.8) is 0 Å². The molecule has 2 N–H and O–H groups in total. The standard InChI is InChI=1S/C26H31F2NO4S/c1-18(7-5-10-19-8-3-2-4-9-19)22(30)14-12-20-17-26(27,28)25(33)29(20)16-6-11-21-13-15-23(34-21)24(31)32/h2-4,8-9,12-15,18,20,22,30H,5-7,10-11,16-17H2,1H3,(H,31,32)/t18-,20?,22-/m0/s1. The average molecular weight is 492 g/mol. The van der Waals surface area contributed by atoms with Crippen LogP contribution >= 0.6 is 11.3 Å². The number of benzene rings is 1. The molecule has 0 aliphatic carbocycles. The van der Waals surface area contributed by atoms with E-state index in [0.717, 1.165) is 35.5 Å². The van der Waals surface area contributed by atoms with E-state index in [9.17, 15) is 23.5 Å². The van der Waals surface area contributed by atoms with Gasteiger partial charge in [-0.3, -0.25) is 4.79 Å². The number of aryl methyl sites for hydroxylation is 2. The van der Waals surface area contributed by atoms with Crippen molar-refractivity contribution in [2.24, 2.45) is 5.92 Å². The summed E-state index contributed by atoms with van der Waals surface area (Å²) in [5.41, 5.74) is 1.24. The summed E-state index contributed by atoms with van der Waals surface area (Å²) in [5.74, 6) is -5.64. The number of alkyl halides is 2. The Bertz CT molecular complexity index is 992. The maximum Gasteiger partial charge on any atom is 0.345 e. The zero-order valence-corrected chi connectivity index (χ0v) is 20.0. The number of thiophene rings is 1. The van der Waals surface area contributed by atoms with Gasteiger partial charge < -0.3 is 15.1 Å². The molecule has 2 aromatic rings. The van der Waals surface area contributed by atoms with Crippen molar-refractivity contribution in [3.05, 3.63) is 69.9 Å². The molecule has 0 radical (unpaired) electrons. The molecule has 0 spiro atoms. The maximum absolute atomic E-state index is 14.1. The van der Waals surface area contributed by atoms with Crippen molar-refractivity contribution < 1.29 is 28.6 Å². The Morgan fingerprint density at radius 2 is 1.94 bits per heavy atom. The first-order valence-electron chi connectivity index (χ1n) is 11.6. The number of carbonyl (C=O) groups excluding carboxylic acids is 1. The van der Waals surface area contributed by atoms with E-state index in [-0.39, 0.29) is 17.3 Å². The lowest BCUT2D eigenvalue weighted by Crippen LogP contribution is -2.36. The molecule has 184 valence electrons. The fraction of sp³-hybridized carbons (Fsp3) is 0.462. The Morgan fingerprint density at radius 1 is 1.21 bits per heavy atom. The van der Waals surface area contributed by atoms with Gasteiger partial charge in [0.25, 0.3) is 5.91 Å². The maximum atomic E-state index is 14.1. The van der Waals surface area contributed by atoms with Crippen LogP contribution in [0.2, 0.25) is 0 Å². The number of rotatable bonds is 12. The zero-order valence-electron chi connectivity index (χ0n) is 19.2. The molecule has 1 fully saturated rings. The van der Waals surface area contributed by atoms with Crippen LogP contribution in [-0.4, -0.2) is 51.6 Å². The lowest BCUT2D eigenvalue weighted by molar-refractivity contribution is -0.148. The number of likely N-dealkylation sites (tertiary alicyclic amines) is 1. The molecular weight excluding hydrogens is 460 g/mol. The quantitative estimate of drug-likeness (QED) is 0.401. The highest BCUT2D eigenvalue weighted by molar-refractivity contribution is 7.13. The first kappa shape index (κ1) is 26.0. The smallest absolute Gasteiger partial charge is 0.345 e. The Labute approximate surface area is 202 Å². The van der Waals surface area contributed by atoms with Gasteiger partial charge in [-0.1, -0.05) is 49.4 Å². The first-order valence-corrected chi connectivity index (χ1v) is 12.4. The monoisotopic (exact) mass is 491 g/mol. The minimum Gasteiger partial charge on any atom is -0.477 e. The Balaban J connectivity index is 1.51. The van der Waals surface area contributed by atoms with E-state index >= 15 is 0 Å². The van der Waals surface area contributed by atoms with E-state index in [2.05, 4.69) is 12.1 Å². The van der Waals surface area contributed by atoms with Crippen LogP contribution in [0, 0.1) is 5.92 Å². The molecule has 0 bridgehead atoms. The molecule has 1 aromatic carbocycles. The predicted molar refractivity (Wildman–Crippen MR) is 128 cm³/mol. The van der Waals surface area contributed by atoms with Crippen LogP contribution < -0.4 is 0 Å². The molecule has 1 aliphatic rings. The van der Waals surface area contributed by atoms with Crippen LogP contribution in [0.3, 0.4) is 0 Å². The number of nitrogens with zero attached hydrogens (tertiary/aromatic N) is 1. The van der Waals surface area contributed by atoms with Gasteiger partial charge in [-0.05, 0) is 55.7 Å². The molecule has 0 saturated carbocycles. The third kappa shape index (κ3) is 6.96. The molecule has 8 heteroatoms. The van der Waals surface area contributed by atoms with Crippen LogP contribution in [0.5, 0.6) is 0 Å². The van der Waals surface area contributed by atoms with Crippen molar-refractivity contribution >= 4 is 23.2 Å². The molecule has 1 aliphatic heterocycles. The van der Waals surface area contributed by atoms with Gasteiger partial charge >= 0.3 is 11.9 Å². The fourth-order valence-electron chi connectivity index (χ4n) is 4.19. The summed E-state index contributed by atoms with van der Waals surface area (Å²) in [7, 11) is 0. The van der Waals surface area contributed by atoms with Gasteiger partial charge in [-0.15, -0.1) is 11.3 Å². The predicted octanol–water partition coefficient (Wildman–Crippen LogP) is 5.19. The number of carboxylic acids is 1. The highest BCUT2D eigenvalue weighted by Gasteiger charge is 2.52. The summed E-state index contributed by atoms with van der Waals surface area (Å²) >= 11 is 1.15. The number of aliphatic hydroxyl groups excluding tert-OH is 1. The van der Waals surface area contributed by atoms with E-state index in [0.29, 0.717) is 12.8 Å². The number of aromatic carboxylic acids is 1. The highest BCUT2D eigenvalue weighted by Crippen LogP contribution is 2.34. The van der Waals surface area contributed by atoms with E-state index in [1.54, 1.807) is 6.07 Å². The number of hydrogen-bond acceptors (Lipinski definition) is 4. The highest BCUT2D eigenvalue weighted by atomic mass is 32.1. The summed E-state index contributed by atoms with van der Waals surface area (Å²) in [6, 6.07) is 12.5. The molecule has 3 atom stereocenters. The second-order valence-corrected chi connectivity index (χ2v) is 10.0. The number of aliphatic hydroxyl groups is 1. The minimum absolute atomic E-state index is 0.0340. The van der Waals surface area contributed by atoms with Crippen molar-refractivity contribution in [1.82, 2.24) is 4.90 Å². The zero-order chi connectivity index (χ0) is 24.7. The van der Waals surface area contributed by atoms with E-state index in [1.165, 1.54) is 28.7 Å².